The maximum atomic E-state index is 13.8. The SMILES string of the molecule is O=C1c2cccc3cccc(c23)C(=O)N1CCN(C(=O)c1ccccc1[N+](=O)[O-])c1ccc(Oc2ccccc2)cc1. The van der Waals surface area contributed by atoms with Gasteiger partial charge in [-0.25, -0.2) is 0 Å². The van der Waals surface area contributed by atoms with Crippen molar-refractivity contribution >= 4 is 39.9 Å². The third kappa shape index (κ3) is 4.84. The van der Waals surface area contributed by atoms with Crippen molar-refractivity contribution < 1.29 is 24.0 Å². The smallest absolute Gasteiger partial charge is 0.282 e. The quantitative estimate of drug-likeness (QED) is 0.123. The number of rotatable bonds is 8. The highest BCUT2D eigenvalue weighted by Crippen LogP contribution is 2.31. The minimum Gasteiger partial charge on any atom is -0.457 e. The van der Waals surface area contributed by atoms with Crippen LogP contribution < -0.4 is 9.64 Å². The van der Waals surface area contributed by atoms with Crippen LogP contribution in [0.5, 0.6) is 11.5 Å². The molecule has 9 heteroatoms. The number of carbonyl (C=O) groups excluding carboxylic acids is 3. The summed E-state index contributed by atoms with van der Waals surface area (Å²) in [5, 5.41) is 13.1. The van der Waals surface area contributed by atoms with Gasteiger partial charge in [-0.3, -0.25) is 29.4 Å². The molecule has 0 unspecified atom stereocenters. The van der Waals surface area contributed by atoms with Gasteiger partial charge in [0.1, 0.15) is 17.1 Å². The third-order valence-corrected chi connectivity index (χ3v) is 7.11. The van der Waals surface area contributed by atoms with E-state index in [1.807, 2.05) is 42.5 Å². The highest BCUT2D eigenvalue weighted by atomic mass is 16.6. The van der Waals surface area contributed by atoms with Gasteiger partial charge in [0.2, 0.25) is 0 Å². The fraction of sp³-hybridized carbons (Fsp3) is 0.0606. The average molecular weight is 558 g/mol. The first kappa shape index (κ1) is 26.4. The highest BCUT2D eigenvalue weighted by Gasteiger charge is 2.34. The molecule has 5 aromatic carbocycles. The van der Waals surface area contributed by atoms with Crippen LogP contribution in [0, 0.1) is 10.1 Å². The summed E-state index contributed by atoms with van der Waals surface area (Å²) in [7, 11) is 0. The van der Waals surface area contributed by atoms with Crippen LogP contribution in [-0.4, -0.2) is 40.6 Å². The maximum Gasteiger partial charge on any atom is 0.282 e. The van der Waals surface area contributed by atoms with E-state index in [1.165, 1.54) is 23.1 Å². The lowest BCUT2D eigenvalue weighted by Gasteiger charge is -2.30. The molecule has 1 aliphatic rings. The number of nitro groups is 1. The third-order valence-electron chi connectivity index (χ3n) is 7.11. The van der Waals surface area contributed by atoms with Crippen LogP contribution in [-0.2, 0) is 0 Å². The molecule has 0 bridgehead atoms. The molecule has 9 nitrogen and oxygen atoms in total. The zero-order valence-corrected chi connectivity index (χ0v) is 22.2. The van der Waals surface area contributed by atoms with Crippen molar-refractivity contribution in [2.75, 3.05) is 18.0 Å². The number of ether oxygens (including phenoxy) is 1. The van der Waals surface area contributed by atoms with Gasteiger partial charge in [0.15, 0.2) is 0 Å². The largest absolute Gasteiger partial charge is 0.457 e. The Hall–Kier alpha value is -5.83. The van der Waals surface area contributed by atoms with E-state index in [-0.39, 0.29) is 24.3 Å². The van der Waals surface area contributed by atoms with E-state index in [0.717, 1.165) is 10.3 Å². The second kappa shape index (κ2) is 11.0. The fourth-order valence-corrected chi connectivity index (χ4v) is 5.11. The van der Waals surface area contributed by atoms with Crippen LogP contribution in [0.4, 0.5) is 11.4 Å². The summed E-state index contributed by atoms with van der Waals surface area (Å²) < 4.78 is 5.86. The number of benzene rings is 5. The first-order valence-electron chi connectivity index (χ1n) is 13.2. The van der Waals surface area contributed by atoms with E-state index < -0.39 is 22.6 Å². The summed E-state index contributed by atoms with van der Waals surface area (Å²) in [5.41, 5.74) is 0.766. The standard InChI is InChI=1S/C33H23N3O6/c37-31(26-12-4-5-15-29(26)36(40)41)34(23-16-18-25(19-17-23)42-24-10-2-1-3-11-24)20-21-35-32(38)27-13-6-8-22-9-7-14-28(30(22)27)33(35)39/h1-19H,20-21H2. The molecule has 6 rings (SSSR count). The molecule has 0 radical (unpaired) electrons. The first-order chi connectivity index (χ1) is 20.4. The van der Waals surface area contributed by atoms with Crippen LogP contribution in [0.1, 0.15) is 31.1 Å². The Morgan fingerprint density at radius 1 is 0.738 bits per heavy atom. The maximum absolute atomic E-state index is 13.8. The number of para-hydroxylation sites is 2. The van der Waals surface area contributed by atoms with Gasteiger partial charge in [-0.15, -0.1) is 0 Å². The van der Waals surface area contributed by atoms with Gasteiger partial charge in [-0.05, 0) is 60.0 Å². The van der Waals surface area contributed by atoms with E-state index in [1.54, 1.807) is 54.6 Å². The Balaban J connectivity index is 1.32. The summed E-state index contributed by atoms with van der Waals surface area (Å²) >= 11 is 0. The van der Waals surface area contributed by atoms with E-state index in [9.17, 15) is 24.5 Å². The number of carbonyl (C=O) groups is 3. The van der Waals surface area contributed by atoms with Gasteiger partial charge in [-0.1, -0.05) is 54.6 Å². The van der Waals surface area contributed by atoms with Crippen molar-refractivity contribution in [1.82, 2.24) is 4.90 Å². The van der Waals surface area contributed by atoms with Crippen LogP contribution in [0.2, 0.25) is 0 Å². The molecule has 0 fully saturated rings. The van der Waals surface area contributed by atoms with Crippen molar-refractivity contribution in [3.05, 3.63) is 142 Å². The van der Waals surface area contributed by atoms with Gasteiger partial charge in [0.25, 0.3) is 23.4 Å². The predicted molar refractivity (Wildman–Crippen MR) is 157 cm³/mol. The zero-order chi connectivity index (χ0) is 29.2. The minimum absolute atomic E-state index is 0.0978. The van der Waals surface area contributed by atoms with Crippen molar-refractivity contribution in [2.45, 2.75) is 0 Å². The van der Waals surface area contributed by atoms with Crippen LogP contribution in [0.15, 0.2) is 115 Å². The molecule has 0 saturated heterocycles. The zero-order valence-electron chi connectivity index (χ0n) is 22.2. The predicted octanol–water partition coefficient (Wildman–Crippen LogP) is 6.48. The Morgan fingerprint density at radius 3 is 1.98 bits per heavy atom. The molecule has 0 spiro atoms. The Kier molecular flexibility index (Phi) is 6.90. The molecule has 0 saturated carbocycles. The second-order valence-electron chi connectivity index (χ2n) is 9.61. The van der Waals surface area contributed by atoms with Gasteiger partial charge >= 0.3 is 0 Å². The van der Waals surface area contributed by atoms with Gasteiger partial charge in [0.05, 0.1) is 4.92 Å². The molecule has 3 amide bonds. The lowest BCUT2D eigenvalue weighted by atomic mass is 9.94. The molecule has 1 aliphatic heterocycles. The molecular formula is C33H23N3O6. The van der Waals surface area contributed by atoms with Crippen LogP contribution in [0.3, 0.4) is 0 Å². The normalized spacial score (nSPS) is 12.3. The van der Waals surface area contributed by atoms with E-state index in [0.29, 0.717) is 33.7 Å². The number of hydrogen-bond acceptors (Lipinski definition) is 6. The van der Waals surface area contributed by atoms with Crippen molar-refractivity contribution in [1.29, 1.82) is 0 Å². The second-order valence-corrected chi connectivity index (χ2v) is 9.61. The van der Waals surface area contributed by atoms with Crippen LogP contribution >= 0.6 is 0 Å². The molecule has 0 aliphatic carbocycles. The number of amides is 3. The van der Waals surface area contributed by atoms with Gasteiger partial charge in [0, 0.05) is 41.4 Å². The summed E-state index contributed by atoms with van der Waals surface area (Å²) in [6.45, 7) is -0.226. The van der Waals surface area contributed by atoms with Gasteiger partial charge in [-0.2, -0.15) is 0 Å². The Bertz CT molecular complexity index is 1800. The van der Waals surface area contributed by atoms with E-state index in [2.05, 4.69) is 0 Å². The summed E-state index contributed by atoms with van der Waals surface area (Å²) in [5.74, 6) is -0.411. The topological polar surface area (TPSA) is 110 Å². The number of imide groups is 1. The Morgan fingerprint density at radius 2 is 1.33 bits per heavy atom. The Labute approximate surface area is 240 Å². The number of nitrogens with zero attached hydrogens (tertiary/aromatic N) is 3. The lowest BCUT2D eigenvalue weighted by molar-refractivity contribution is -0.385. The van der Waals surface area contributed by atoms with Crippen molar-refractivity contribution in [2.24, 2.45) is 0 Å². The first-order valence-corrected chi connectivity index (χ1v) is 13.2. The highest BCUT2D eigenvalue weighted by molar-refractivity contribution is 6.25. The minimum atomic E-state index is -0.640. The fourth-order valence-electron chi connectivity index (χ4n) is 5.11. The summed E-state index contributed by atoms with van der Waals surface area (Å²) in [4.78, 5) is 54.3. The molecule has 5 aromatic rings. The molecule has 0 N–H and O–H groups in total. The number of anilines is 1. The van der Waals surface area contributed by atoms with Crippen molar-refractivity contribution in [3.8, 4) is 11.5 Å². The molecule has 42 heavy (non-hydrogen) atoms. The van der Waals surface area contributed by atoms with Crippen molar-refractivity contribution in [3.63, 3.8) is 0 Å². The number of hydrogen-bond donors (Lipinski definition) is 0. The monoisotopic (exact) mass is 557 g/mol. The summed E-state index contributed by atoms with van der Waals surface area (Å²) in [6.07, 6.45) is 0. The molecule has 1 heterocycles. The molecular weight excluding hydrogens is 534 g/mol. The molecule has 0 atom stereocenters. The lowest BCUT2D eigenvalue weighted by Crippen LogP contribution is -2.46. The van der Waals surface area contributed by atoms with E-state index in [4.69, 9.17) is 4.74 Å². The van der Waals surface area contributed by atoms with Gasteiger partial charge < -0.3 is 9.64 Å². The average Bonchev–Trinajstić information content (AvgIpc) is 3.02. The van der Waals surface area contributed by atoms with Crippen LogP contribution in [0.25, 0.3) is 10.8 Å². The molecule has 206 valence electrons. The summed E-state index contributed by atoms with van der Waals surface area (Å²) in [6, 6.07) is 32.1. The molecule has 0 aromatic heterocycles. The number of nitro benzene ring substituents is 1. The van der Waals surface area contributed by atoms with E-state index >= 15 is 0 Å².